The number of fused-ring (bicyclic) bond motifs is 3. The molecule has 1 amide bonds. The van der Waals surface area contributed by atoms with E-state index in [0.29, 0.717) is 31.9 Å². The second kappa shape index (κ2) is 8.10. The molecule has 5 rings (SSSR count). The van der Waals surface area contributed by atoms with Gasteiger partial charge >= 0.3 is 0 Å². The van der Waals surface area contributed by atoms with E-state index in [1.54, 1.807) is 12.1 Å². The van der Waals surface area contributed by atoms with Gasteiger partial charge in [-0.3, -0.25) is 9.69 Å². The molecule has 1 N–H and O–H groups in total. The molecule has 3 heterocycles. The first-order chi connectivity index (χ1) is 14.7. The number of para-hydroxylation sites is 1. The Morgan fingerprint density at radius 3 is 2.60 bits per heavy atom. The molecule has 3 atom stereocenters. The Labute approximate surface area is 176 Å². The van der Waals surface area contributed by atoms with E-state index in [-0.39, 0.29) is 42.3 Å². The van der Waals surface area contributed by atoms with E-state index < -0.39 is 0 Å². The van der Waals surface area contributed by atoms with E-state index in [4.69, 9.17) is 4.74 Å². The number of hydrogen-bond donors (Lipinski definition) is 1. The Hall–Kier alpha value is -2.28. The molecule has 30 heavy (non-hydrogen) atoms. The minimum Gasteiger partial charge on any atom is -0.395 e. The number of aliphatic hydroxyl groups excluding tert-OH is 1. The second-order valence-electron chi connectivity index (χ2n) is 8.50. The van der Waals surface area contributed by atoms with Crippen molar-refractivity contribution in [3.8, 4) is 0 Å². The van der Waals surface area contributed by atoms with Crippen LogP contribution < -0.4 is 4.90 Å². The van der Waals surface area contributed by atoms with Crippen LogP contribution in [0.25, 0.3) is 0 Å². The van der Waals surface area contributed by atoms with Crippen LogP contribution in [-0.4, -0.2) is 54.4 Å². The summed E-state index contributed by atoms with van der Waals surface area (Å²) in [6.45, 7) is 2.27. The lowest BCUT2D eigenvalue weighted by Crippen LogP contribution is -2.69. The summed E-state index contributed by atoms with van der Waals surface area (Å²) in [6, 6.07) is 14.8. The zero-order valence-corrected chi connectivity index (χ0v) is 16.9. The van der Waals surface area contributed by atoms with E-state index in [1.165, 1.54) is 6.07 Å². The number of rotatable bonds is 4. The number of aliphatic hydroxyl groups is 1. The van der Waals surface area contributed by atoms with Crippen molar-refractivity contribution in [1.82, 2.24) is 4.90 Å². The van der Waals surface area contributed by atoms with Crippen LogP contribution in [0.1, 0.15) is 29.9 Å². The fraction of sp³-hybridized carbons (Fsp3) is 0.458. The number of hydrogen-bond acceptors (Lipinski definition) is 4. The highest BCUT2D eigenvalue weighted by Crippen LogP contribution is 2.49. The van der Waals surface area contributed by atoms with Gasteiger partial charge in [-0.15, -0.1) is 0 Å². The van der Waals surface area contributed by atoms with E-state index in [9.17, 15) is 14.3 Å². The molecule has 158 valence electrons. The van der Waals surface area contributed by atoms with Crippen LogP contribution in [-0.2, 0) is 16.1 Å². The summed E-state index contributed by atoms with van der Waals surface area (Å²) in [5, 5.41) is 10.1. The van der Waals surface area contributed by atoms with Gasteiger partial charge in [0.2, 0.25) is 5.91 Å². The summed E-state index contributed by atoms with van der Waals surface area (Å²) in [7, 11) is 0. The van der Waals surface area contributed by atoms with Crippen molar-refractivity contribution in [3.05, 3.63) is 65.5 Å². The normalized spacial score (nSPS) is 26.6. The average Bonchev–Trinajstić information content (AvgIpc) is 2.78. The van der Waals surface area contributed by atoms with Crippen molar-refractivity contribution in [2.24, 2.45) is 5.92 Å². The molecule has 5 nitrogen and oxygen atoms in total. The highest BCUT2D eigenvalue weighted by atomic mass is 19.1. The van der Waals surface area contributed by atoms with Crippen LogP contribution in [0.15, 0.2) is 48.5 Å². The molecule has 0 spiro atoms. The van der Waals surface area contributed by atoms with Gasteiger partial charge in [-0.05, 0) is 30.5 Å². The molecule has 0 aliphatic carbocycles. The van der Waals surface area contributed by atoms with Gasteiger partial charge in [0.15, 0.2) is 0 Å². The third-order valence-corrected chi connectivity index (χ3v) is 6.97. The van der Waals surface area contributed by atoms with Gasteiger partial charge in [0.05, 0.1) is 6.61 Å². The van der Waals surface area contributed by atoms with E-state index in [1.807, 2.05) is 29.2 Å². The lowest BCUT2D eigenvalue weighted by atomic mass is 9.71. The zero-order valence-electron chi connectivity index (χ0n) is 16.9. The van der Waals surface area contributed by atoms with Gasteiger partial charge in [0.1, 0.15) is 5.82 Å². The van der Waals surface area contributed by atoms with E-state index >= 15 is 0 Å². The highest BCUT2D eigenvalue weighted by molar-refractivity contribution is 5.96. The number of carbonyl (C=O) groups excluding carboxylic acids is 1. The molecule has 3 aliphatic heterocycles. The molecule has 3 aliphatic rings. The molecule has 0 bridgehead atoms. The van der Waals surface area contributed by atoms with Gasteiger partial charge in [-0.1, -0.05) is 36.4 Å². The first kappa shape index (κ1) is 19.7. The van der Waals surface area contributed by atoms with Gasteiger partial charge in [-0.25, -0.2) is 4.39 Å². The van der Waals surface area contributed by atoms with Crippen molar-refractivity contribution in [2.75, 3.05) is 31.3 Å². The highest BCUT2D eigenvalue weighted by Gasteiger charge is 2.53. The molecule has 0 unspecified atom stereocenters. The maximum atomic E-state index is 14.3. The fourth-order valence-corrected chi connectivity index (χ4v) is 5.40. The predicted molar refractivity (Wildman–Crippen MR) is 112 cm³/mol. The Kier molecular flexibility index (Phi) is 5.31. The lowest BCUT2D eigenvalue weighted by Gasteiger charge is -2.59. The smallest absolute Gasteiger partial charge is 0.230 e. The van der Waals surface area contributed by atoms with Crippen molar-refractivity contribution in [1.29, 1.82) is 0 Å². The topological polar surface area (TPSA) is 53.0 Å². The van der Waals surface area contributed by atoms with Gasteiger partial charge in [-0.2, -0.15) is 0 Å². The standard InChI is InChI=1S/C24H27FN2O3/c25-19-7-3-1-5-17(19)13-26-21-14-27(24(29)16-9-11-30-12-10-16)20-8-4-2-6-18(20)23(21)22(26)15-28/h1-8,16,21-23,28H,9-15H2/t21-,22-,23+/m1/s1. The van der Waals surface area contributed by atoms with Gasteiger partial charge in [0, 0.05) is 61.5 Å². The maximum Gasteiger partial charge on any atom is 0.230 e. The molecule has 0 saturated carbocycles. The largest absolute Gasteiger partial charge is 0.395 e. The average molecular weight is 410 g/mol. The third-order valence-electron chi connectivity index (χ3n) is 6.97. The summed E-state index contributed by atoms with van der Waals surface area (Å²) in [5.41, 5.74) is 2.69. The SMILES string of the molecule is O=C(C1CCOCC1)N1C[C@@H]2[C@H](c3ccccc31)[C@@H](CO)N2Cc1ccccc1F. The molecule has 2 fully saturated rings. The lowest BCUT2D eigenvalue weighted by molar-refractivity contribution is -0.126. The summed E-state index contributed by atoms with van der Waals surface area (Å²) in [6.07, 6.45) is 1.51. The van der Waals surface area contributed by atoms with Gasteiger partial charge in [0.25, 0.3) is 0 Å². The molecular weight excluding hydrogens is 383 g/mol. The minimum atomic E-state index is -0.232. The van der Waals surface area contributed by atoms with Crippen LogP contribution >= 0.6 is 0 Å². The van der Waals surface area contributed by atoms with E-state index in [0.717, 1.165) is 24.1 Å². The molecular formula is C24H27FN2O3. The Morgan fingerprint density at radius 2 is 1.83 bits per heavy atom. The van der Waals surface area contributed by atoms with Crippen LogP contribution in [0.4, 0.5) is 10.1 Å². The van der Waals surface area contributed by atoms with Crippen molar-refractivity contribution < 1.29 is 19.0 Å². The van der Waals surface area contributed by atoms with Gasteiger partial charge < -0.3 is 14.7 Å². The van der Waals surface area contributed by atoms with Crippen LogP contribution in [0, 0.1) is 11.7 Å². The Bertz CT molecular complexity index is 930. The molecule has 6 heteroatoms. The quantitative estimate of drug-likeness (QED) is 0.842. The van der Waals surface area contributed by atoms with Crippen LogP contribution in [0.5, 0.6) is 0 Å². The Morgan fingerprint density at radius 1 is 1.10 bits per heavy atom. The molecule has 2 aromatic carbocycles. The minimum absolute atomic E-state index is 0.0118. The molecule has 0 aromatic heterocycles. The number of ether oxygens (including phenoxy) is 1. The number of benzene rings is 2. The number of amides is 1. The van der Waals surface area contributed by atoms with Crippen LogP contribution in [0.3, 0.4) is 0 Å². The first-order valence-electron chi connectivity index (χ1n) is 10.8. The number of carbonyl (C=O) groups is 1. The number of anilines is 1. The molecule has 2 aromatic rings. The van der Waals surface area contributed by atoms with E-state index in [2.05, 4.69) is 11.0 Å². The molecule has 2 saturated heterocycles. The summed E-state index contributed by atoms with van der Waals surface area (Å²) in [4.78, 5) is 17.5. The summed E-state index contributed by atoms with van der Waals surface area (Å²) in [5.74, 6) is 0.0558. The first-order valence-corrected chi connectivity index (χ1v) is 10.8. The number of nitrogens with zero attached hydrogens (tertiary/aromatic N) is 2. The number of halogens is 1. The maximum absolute atomic E-state index is 14.3. The summed E-state index contributed by atoms with van der Waals surface area (Å²) < 4.78 is 19.7. The van der Waals surface area contributed by atoms with Crippen molar-refractivity contribution in [2.45, 2.75) is 37.4 Å². The van der Waals surface area contributed by atoms with Crippen LogP contribution in [0.2, 0.25) is 0 Å². The monoisotopic (exact) mass is 410 g/mol. The predicted octanol–water partition coefficient (Wildman–Crippen LogP) is 2.93. The van der Waals surface area contributed by atoms with Crippen molar-refractivity contribution >= 4 is 11.6 Å². The second-order valence-corrected chi connectivity index (χ2v) is 8.50. The zero-order chi connectivity index (χ0) is 20.7. The number of likely N-dealkylation sites (tertiary alicyclic amines) is 1. The fourth-order valence-electron chi connectivity index (χ4n) is 5.40. The summed E-state index contributed by atoms with van der Waals surface area (Å²) >= 11 is 0. The van der Waals surface area contributed by atoms with Crippen molar-refractivity contribution in [3.63, 3.8) is 0 Å². The Balaban J connectivity index is 1.45. The third kappa shape index (κ3) is 3.23. The molecule has 0 radical (unpaired) electrons.